The van der Waals surface area contributed by atoms with Crippen molar-refractivity contribution in [2.45, 2.75) is 6.61 Å². The minimum Gasteiger partial charge on any atom is -0.392 e. The second kappa shape index (κ2) is 6.20. The highest BCUT2D eigenvalue weighted by molar-refractivity contribution is 5.74. The fourth-order valence-electron chi connectivity index (χ4n) is 2.21. The van der Waals surface area contributed by atoms with Gasteiger partial charge in [-0.1, -0.05) is 42.5 Å². The summed E-state index contributed by atoms with van der Waals surface area (Å²) in [5.74, 6) is 0.824. The van der Waals surface area contributed by atoms with Gasteiger partial charge in [0.2, 0.25) is 0 Å². The van der Waals surface area contributed by atoms with Crippen molar-refractivity contribution in [2.75, 3.05) is 4.90 Å². The van der Waals surface area contributed by atoms with Crippen LogP contribution in [0, 0.1) is 0 Å². The largest absolute Gasteiger partial charge is 0.392 e. The Balaban J connectivity index is 2.07. The second-order valence-electron chi connectivity index (χ2n) is 4.69. The molecule has 0 saturated heterocycles. The fraction of sp³-hybridized carbons (Fsp3) is 0.0556. The molecule has 0 unspecified atom stereocenters. The fourth-order valence-corrected chi connectivity index (χ4v) is 2.21. The van der Waals surface area contributed by atoms with Crippen LogP contribution in [-0.2, 0) is 6.61 Å². The third-order valence-electron chi connectivity index (χ3n) is 3.25. The van der Waals surface area contributed by atoms with E-state index in [1.807, 2.05) is 48.5 Å². The lowest BCUT2D eigenvalue weighted by Gasteiger charge is -2.24. The van der Waals surface area contributed by atoms with Gasteiger partial charge in [-0.25, -0.2) is 4.98 Å². The van der Waals surface area contributed by atoms with Gasteiger partial charge >= 0.3 is 0 Å². The molecule has 3 rings (SSSR count). The SMILES string of the molecule is OCc1ccc(N(c2ccccc2)c2ccccc2)nc1. The topological polar surface area (TPSA) is 36.4 Å². The van der Waals surface area contributed by atoms with Gasteiger partial charge < -0.3 is 5.11 Å². The summed E-state index contributed by atoms with van der Waals surface area (Å²) < 4.78 is 0. The second-order valence-corrected chi connectivity index (χ2v) is 4.69. The summed E-state index contributed by atoms with van der Waals surface area (Å²) in [7, 11) is 0. The predicted octanol–water partition coefficient (Wildman–Crippen LogP) is 4.04. The van der Waals surface area contributed by atoms with Crippen LogP contribution in [0.2, 0.25) is 0 Å². The lowest BCUT2D eigenvalue weighted by atomic mass is 10.2. The number of aliphatic hydroxyl groups is 1. The molecule has 0 bridgehead atoms. The number of hydrogen-bond donors (Lipinski definition) is 1. The molecule has 1 heterocycles. The standard InChI is InChI=1S/C18H16N2O/c21-14-15-11-12-18(19-13-15)20(16-7-3-1-4-8-16)17-9-5-2-6-10-17/h1-13,21H,14H2. The summed E-state index contributed by atoms with van der Waals surface area (Å²) in [6, 6.07) is 24.0. The molecule has 3 aromatic rings. The van der Waals surface area contributed by atoms with E-state index >= 15 is 0 Å². The third-order valence-corrected chi connectivity index (χ3v) is 3.25. The summed E-state index contributed by atoms with van der Waals surface area (Å²) in [4.78, 5) is 6.55. The normalized spacial score (nSPS) is 10.3. The van der Waals surface area contributed by atoms with Crippen LogP contribution >= 0.6 is 0 Å². The smallest absolute Gasteiger partial charge is 0.137 e. The van der Waals surface area contributed by atoms with Gasteiger partial charge in [0.05, 0.1) is 6.61 Å². The van der Waals surface area contributed by atoms with Crippen molar-refractivity contribution in [3.63, 3.8) is 0 Å². The van der Waals surface area contributed by atoms with Gasteiger partial charge in [0.25, 0.3) is 0 Å². The molecule has 0 aliphatic heterocycles. The molecule has 1 aromatic heterocycles. The molecular weight excluding hydrogens is 260 g/mol. The lowest BCUT2D eigenvalue weighted by molar-refractivity contribution is 0.281. The number of nitrogens with zero attached hydrogens (tertiary/aromatic N) is 2. The van der Waals surface area contributed by atoms with Gasteiger partial charge in [-0.15, -0.1) is 0 Å². The Morgan fingerprint density at radius 3 is 1.76 bits per heavy atom. The van der Waals surface area contributed by atoms with Crippen molar-refractivity contribution in [1.29, 1.82) is 0 Å². The van der Waals surface area contributed by atoms with E-state index < -0.39 is 0 Å². The summed E-state index contributed by atoms with van der Waals surface area (Å²) in [6.07, 6.45) is 1.70. The molecule has 0 spiro atoms. The highest BCUT2D eigenvalue weighted by Crippen LogP contribution is 2.32. The van der Waals surface area contributed by atoms with Crippen LogP contribution in [-0.4, -0.2) is 10.1 Å². The van der Waals surface area contributed by atoms with Crippen LogP contribution in [0.15, 0.2) is 79.0 Å². The van der Waals surface area contributed by atoms with Crippen molar-refractivity contribution in [2.24, 2.45) is 0 Å². The average Bonchev–Trinajstić information content (AvgIpc) is 2.58. The van der Waals surface area contributed by atoms with Crippen LogP contribution < -0.4 is 4.90 Å². The molecule has 1 N–H and O–H groups in total. The van der Waals surface area contributed by atoms with Gasteiger partial charge in [-0.2, -0.15) is 0 Å². The zero-order valence-corrected chi connectivity index (χ0v) is 11.6. The van der Waals surface area contributed by atoms with Gasteiger partial charge in [0.1, 0.15) is 5.82 Å². The Hall–Kier alpha value is -2.65. The molecule has 0 atom stereocenters. The van der Waals surface area contributed by atoms with E-state index in [2.05, 4.69) is 34.1 Å². The zero-order chi connectivity index (χ0) is 14.5. The van der Waals surface area contributed by atoms with Crippen LogP contribution in [0.1, 0.15) is 5.56 Å². The Kier molecular flexibility index (Phi) is 3.94. The van der Waals surface area contributed by atoms with E-state index in [0.29, 0.717) is 0 Å². The molecule has 0 aliphatic carbocycles. The van der Waals surface area contributed by atoms with E-state index in [1.54, 1.807) is 6.20 Å². The molecule has 0 fully saturated rings. The lowest BCUT2D eigenvalue weighted by Crippen LogP contribution is -2.11. The average molecular weight is 276 g/mol. The maximum atomic E-state index is 9.15. The predicted molar refractivity (Wildman–Crippen MR) is 84.8 cm³/mol. The van der Waals surface area contributed by atoms with Crippen molar-refractivity contribution < 1.29 is 5.11 Å². The van der Waals surface area contributed by atoms with Gasteiger partial charge in [0, 0.05) is 17.6 Å². The molecule has 0 amide bonds. The summed E-state index contributed by atoms with van der Waals surface area (Å²) in [5.41, 5.74) is 2.90. The third kappa shape index (κ3) is 2.93. The van der Waals surface area contributed by atoms with Crippen molar-refractivity contribution in [3.8, 4) is 0 Å². The van der Waals surface area contributed by atoms with Gasteiger partial charge in [-0.05, 0) is 35.9 Å². The highest BCUT2D eigenvalue weighted by atomic mass is 16.3. The minimum absolute atomic E-state index is 0.00392. The Morgan fingerprint density at radius 1 is 0.762 bits per heavy atom. The van der Waals surface area contributed by atoms with E-state index in [-0.39, 0.29) is 6.61 Å². The zero-order valence-electron chi connectivity index (χ0n) is 11.6. The monoisotopic (exact) mass is 276 g/mol. The molecule has 104 valence electrons. The van der Waals surface area contributed by atoms with Gasteiger partial charge in [0.15, 0.2) is 0 Å². The highest BCUT2D eigenvalue weighted by Gasteiger charge is 2.12. The van der Waals surface area contributed by atoms with E-state index in [4.69, 9.17) is 5.11 Å². The maximum Gasteiger partial charge on any atom is 0.137 e. The van der Waals surface area contributed by atoms with Gasteiger partial charge in [-0.3, -0.25) is 4.90 Å². The van der Waals surface area contributed by atoms with Crippen LogP contribution in [0.3, 0.4) is 0 Å². The maximum absolute atomic E-state index is 9.15. The minimum atomic E-state index is 0.00392. The first-order valence-electron chi connectivity index (χ1n) is 6.84. The Bertz CT molecular complexity index is 642. The molecule has 3 nitrogen and oxygen atoms in total. The molecular formula is C18H16N2O. The summed E-state index contributed by atoms with van der Waals surface area (Å²) >= 11 is 0. The molecule has 3 heteroatoms. The molecule has 21 heavy (non-hydrogen) atoms. The Morgan fingerprint density at radius 2 is 1.33 bits per heavy atom. The number of aromatic nitrogens is 1. The first kappa shape index (κ1) is 13.3. The first-order valence-corrected chi connectivity index (χ1v) is 6.84. The van der Waals surface area contributed by atoms with E-state index in [1.165, 1.54) is 0 Å². The molecule has 0 saturated carbocycles. The first-order chi connectivity index (χ1) is 10.4. The number of benzene rings is 2. The summed E-state index contributed by atoms with van der Waals surface area (Å²) in [6.45, 7) is 0.00392. The number of pyridine rings is 1. The number of anilines is 3. The number of rotatable bonds is 4. The quantitative estimate of drug-likeness (QED) is 0.781. The number of hydrogen-bond acceptors (Lipinski definition) is 3. The molecule has 2 aromatic carbocycles. The van der Waals surface area contributed by atoms with E-state index in [9.17, 15) is 0 Å². The van der Waals surface area contributed by atoms with E-state index in [0.717, 1.165) is 22.8 Å². The molecule has 0 aliphatic rings. The van der Waals surface area contributed by atoms with Crippen molar-refractivity contribution in [3.05, 3.63) is 84.6 Å². The molecule has 0 radical (unpaired) electrons. The van der Waals surface area contributed by atoms with Crippen molar-refractivity contribution >= 4 is 17.2 Å². The van der Waals surface area contributed by atoms with Crippen LogP contribution in [0.25, 0.3) is 0 Å². The van der Waals surface area contributed by atoms with Crippen LogP contribution in [0.4, 0.5) is 17.2 Å². The summed E-state index contributed by atoms with van der Waals surface area (Å²) in [5, 5.41) is 9.15. The Labute approximate surface area is 124 Å². The number of aliphatic hydroxyl groups excluding tert-OH is 1. The number of para-hydroxylation sites is 2. The van der Waals surface area contributed by atoms with Crippen molar-refractivity contribution in [1.82, 2.24) is 4.98 Å². The van der Waals surface area contributed by atoms with Crippen LogP contribution in [0.5, 0.6) is 0 Å².